The van der Waals surface area contributed by atoms with Gasteiger partial charge in [-0.3, -0.25) is 4.79 Å². The smallest absolute Gasteiger partial charge is 0.251 e. The molecule has 104 valence electrons. The molecule has 2 nitrogen and oxygen atoms in total. The Hall–Kier alpha value is -2.16. The zero-order valence-corrected chi connectivity index (χ0v) is 11.7. The predicted octanol–water partition coefficient (Wildman–Crippen LogP) is 4.02. The van der Waals surface area contributed by atoms with E-state index in [1.165, 1.54) is 23.8 Å². The summed E-state index contributed by atoms with van der Waals surface area (Å²) in [5.74, 6) is -0.655. The molecule has 0 bridgehead atoms. The quantitative estimate of drug-likeness (QED) is 0.894. The number of hydrogen-bond acceptors (Lipinski definition) is 1. The molecule has 0 radical (unpaired) electrons. The molecule has 3 heteroatoms. The van der Waals surface area contributed by atoms with E-state index in [0.717, 1.165) is 12.0 Å². The van der Waals surface area contributed by atoms with Gasteiger partial charge >= 0.3 is 0 Å². The molecule has 0 aliphatic rings. The van der Waals surface area contributed by atoms with Crippen molar-refractivity contribution in [3.05, 3.63) is 71.0 Å². The van der Waals surface area contributed by atoms with E-state index in [9.17, 15) is 9.18 Å². The molecule has 0 aliphatic carbocycles. The Kier molecular flexibility index (Phi) is 4.51. The van der Waals surface area contributed by atoms with Crippen molar-refractivity contribution in [3.8, 4) is 0 Å². The standard InChI is InChI=1S/C17H18FNO/c1-3-16(13-9-7-12(2)8-10-13)19-17(20)14-5-4-6-15(18)11-14/h4-11,16H,3H2,1-2H3,(H,19,20). The molecule has 1 unspecified atom stereocenters. The van der Waals surface area contributed by atoms with Crippen LogP contribution in [0.25, 0.3) is 0 Å². The fraction of sp³-hybridized carbons (Fsp3) is 0.235. The lowest BCUT2D eigenvalue weighted by Crippen LogP contribution is -2.28. The summed E-state index contributed by atoms with van der Waals surface area (Å²) >= 11 is 0. The largest absolute Gasteiger partial charge is 0.345 e. The van der Waals surface area contributed by atoms with Crippen LogP contribution in [0.15, 0.2) is 48.5 Å². The molecular formula is C17H18FNO. The molecule has 0 aliphatic heterocycles. The zero-order valence-electron chi connectivity index (χ0n) is 11.7. The summed E-state index contributed by atoms with van der Waals surface area (Å²) in [6.07, 6.45) is 0.782. The molecular weight excluding hydrogens is 253 g/mol. The van der Waals surface area contributed by atoms with E-state index in [1.807, 2.05) is 38.1 Å². The summed E-state index contributed by atoms with van der Waals surface area (Å²) in [6.45, 7) is 4.03. The number of aryl methyl sites for hydroxylation is 1. The molecule has 0 saturated heterocycles. The minimum Gasteiger partial charge on any atom is -0.345 e. The number of halogens is 1. The third-order valence-corrected chi connectivity index (χ3v) is 3.28. The van der Waals surface area contributed by atoms with Crippen molar-refractivity contribution in [2.75, 3.05) is 0 Å². The van der Waals surface area contributed by atoms with Crippen LogP contribution in [0, 0.1) is 12.7 Å². The maximum Gasteiger partial charge on any atom is 0.251 e. The highest BCUT2D eigenvalue weighted by molar-refractivity contribution is 5.94. The SMILES string of the molecule is CCC(NC(=O)c1cccc(F)c1)c1ccc(C)cc1. The highest BCUT2D eigenvalue weighted by Gasteiger charge is 2.14. The topological polar surface area (TPSA) is 29.1 Å². The molecule has 0 fully saturated rings. The van der Waals surface area contributed by atoms with Crippen LogP contribution < -0.4 is 5.32 Å². The third kappa shape index (κ3) is 3.44. The summed E-state index contributed by atoms with van der Waals surface area (Å²) in [7, 11) is 0. The van der Waals surface area contributed by atoms with Gasteiger partial charge in [0.25, 0.3) is 5.91 Å². The molecule has 2 aromatic carbocycles. The molecule has 1 atom stereocenters. The Morgan fingerprint density at radius 2 is 1.90 bits per heavy atom. The van der Waals surface area contributed by atoms with Gasteiger partial charge in [-0.15, -0.1) is 0 Å². The molecule has 0 spiro atoms. The second-order valence-corrected chi connectivity index (χ2v) is 4.86. The number of rotatable bonds is 4. The van der Waals surface area contributed by atoms with Crippen molar-refractivity contribution < 1.29 is 9.18 Å². The predicted molar refractivity (Wildman–Crippen MR) is 78.1 cm³/mol. The minimum atomic E-state index is -0.402. The van der Waals surface area contributed by atoms with Crippen LogP contribution in [-0.4, -0.2) is 5.91 Å². The Morgan fingerprint density at radius 1 is 1.20 bits per heavy atom. The summed E-state index contributed by atoms with van der Waals surface area (Å²) < 4.78 is 13.1. The number of carbonyl (C=O) groups is 1. The van der Waals surface area contributed by atoms with Gasteiger partial charge in [0.05, 0.1) is 6.04 Å². The lowest BCUT2D eigenvalue weighted by Gasteiger charge is -2.17. The highest BCUT2D eigenvalue weighted by Crippen LogP contribution is 2.18. The number of benzene rings is 2. The van der Waals surface area contributed by atoms with Gasteiger partial charge in [-0.2, -0.15) is 0 Å². The first kappa shape index (κ1) is 14.3. The Labute approximate surface area is 118 Å². The van der Waals surface area contributed by atoms with Gasteiger partial charge < -0.3 is 5.32 Å². The molecule has 2 rings (SSSR count). The summed E-state index contributed by atoms with van der Waals surface area (Å²) in [5.41, 5.74) is 2.58. The van der Waals surface area contributed by atoms with Crippen molar-refractivity contribution in [2.45, 2.75) is 26.3 Å². The normalized spacial score (nSPS) is 11.9. The van der Waals surface area contributed by atoms with Crippen LogP contribution in [0.3, 0.4) is 0 Å². The fourth-order valence-corrected chi connectivity index (χ4v) is 2.09. The van der Waals surface area contributed by atoms with Crippen LogP contribution in [0.2, 0.25) is 0 Å². The average molecular weight is 271 g/mol. The lowest BCUT2D eigenvalue weighted by atomic mass is 10.0. The van der Waals surface area contributed by atoms with Crippen LogP contribution in [0.5, 0.6) is 0 Å². The van der Waals surface area contributed by atoms with Gasteiger partial charge in [0.1, 0.15) is 5.82 Å². The Balaban J connectivity index is 2.14. The van der Waals surface area contributed by atoms with E-state index >= 15 is 0 Å². The van der Waals surface area contributed by atoms with Crippen molar-refractivity contribution >= 4 is 5.91 Å². The van der Waals surface area contributed by atoms with E-state index in [1.54, 1.807) is 6.07 Å². The molecule has 20 heavy (non-hydrogen) atoms. The fourth-order valence-electron chi connectivity index (χ4n) is 2.09. The average Bonchev–Trinajstić information content (AvgIpc) is 2.45. The molecule has 2 aromatic rings. The molecule has 0 heterocycles. The number of hydrogen-bond donors (Lipinski definition) is 1. The van der Waals surface area contributed by atoms with Crippen LogP contribution in [0.1, 0.15) is 40.9 Å². The maximum atomic E-state index is 13.1. The van der Waals surface area contributed by atoms with Crippen molar-refractivity contribution in [2.24, 2.45) is 0 Å². The van der Waals surface area contributed by atoms with Gasteiger partial charge in [-0.25, -0.2) is 4.39 Å². The van der Waals surface area contributed by atoms with E-state index in [0.29, 0.717) is 5.56 Å². The van der Waals surface area contributed by atoms with Gasteiger partial charge in [0.2, 0.25) is 0 Å². The first-order valence-electron chi connectivity index (χ1n) is 6.73. The lowest BCUT2D eigenvalue weighted by molar-refractivity contribution is 0.0935. The number of carbonyl (C=O) groups excluding carboxylic acids is 1. The van der Waals surface area contributed by atoms with E-state index < -0.39 is 5.82 Å². The second-order valence-electron chi connectivity index (χ2n) is 4.86. The summed E-state index contributed by atoms with van der Waals surface area (Å²) in [5, 5.41) is 2.94. The van der Waals surface area contributed by atoms with Crippen LogP contribution in [0.4, 0.5) is 4.39 Å². The van der Waals surface area contributed by atoms with Crippen LogP contribution >= 0.6 is 0 Å². The summed E-state index contributed by atoms with van der Waals surface area (Å²) in [6, 6.07) is 13.7. The van der Waals surface area contributed by atoms with Gasteiger partial charge in [-0.1, -0.05) is 42.8 Å². The highest BCUT2D eigenvalue weighted by atomic mass is 19.1. The van der Waals surface area contributed by atoms with E-state index in [4.69, 9.17) is 0 Å². The first-order valence-corrected chi connectivity index (χ1v) is 6.73. The Bertz CT molecular complexity index is 592. The monoisotopic (exact) mass is 271 g/mol. The van der Waals surface area contributed by atoms with E-state index in [2.05, 4.69) is 5.32 Å². The molecule has 0 saturated carbocycles. The maximum absolute atomic E-state index is 13.1. The first-order chi connectivity index (χ1) is 9.60. The van der Waals surface area contributed by atoms with Crippen molar-refractivity contribution in [3.63, 3.8) is 0 Å². The number of nitrogens with one attached hydrogen (secondary N) is 1. The molecule has 1 N–H and O–H groups in total. The van der Waals surface area contributed by atoms with E-state index in [-0.39, 0.29) is 11.9 Å². The summed E-state index contributed by atoms with van der Waals surface area (Å²) in [4.78, 5) is 12.1. The van der Waals surface area contributed by atoms with Gasteiger partial charge in [0, 0.05) is 5.56 Å². The van der Waals surface area contributed by atoms with Gasteiger partial charge in [-0.05, 0) is 37.1 Å². The molecule has 1 amide bonds. The zero-order chi connectivity index (χ0) is 14.5. The molecule has 0 aromatic heterocycles. The van der Waals surface area contributed by atoms with Crippen molar-refractivity contribution in [1.82, 2.24) is 5.32 Å². The number of amides is 1. The van der Waals surface area contributed by atoms with Gasteiger partial charge in [0.15, 0.2) is 0 Å². The third-order valence-electron chi connectivity index (χ3n) is 3.28. The van der Waals surface area contributed by atoms with Crippen LogP contribution in [-0.2, 0) is 0 Å². The second kappa shape index (κ2) is 6.33. The van der Waals surface area contributed by atoms with Crippen molar-refractivity contribution in [1.29, 1.82) is 0 Å². The minimum absolute atomic E-state index is 0.0635. The Morgan fingerprint density at radius 3 is 2.50 bits per heavy atom.